The monoisotopic (exact) mass is 461 g/mol. The molecule has 1 amide bonds. The molecule has 1 unspecified atom stereocenters. The van der Waals surface area contributed by atoms with Gasteiger partial charge in [-0.25, -0.2) is 9.79 Å². The van der Waals surface area contributed by atoms with Crippen LogP contribution in [0.25, 0.3) is 11.3 Å². The maximum Gasteiger partial charge on any atom is 0.338 e. The summed E-state index contributed by atoms with van der Waals surface area (Å²) in [4.78, 5) is 41.7. The minimum atomic E-state index is -0.861. The number of thioether (sulfide) groups is 1. The summed E-state index contributed by atoms with van der Waals surface area (Å²) in [6, 6.07) is 6.36. The van der Waals surface area contributed by atoms with Gasteiger partial charge < -0.3 is 9.15 Å². The molecule has 0 saturated carbocycles. The SMILES string of the molecule is CCOC(=O)C1=C(C)N=C2SCC(=O)N2C1c1ccc(-c2cc([N+](=O)[O-])ccc2Cl)o1. The van der Waals surface area contributed by atoms with Gasteiger partial charge in [0.1, 0.15) is 17.6 Å². The molecule has 9 nitrogen and oxygen atoms in total. The largest absolute Gasteiger partial charge is 0.463 e. The van der Waals surface area contributed by atoms with Crippen LogP contribution in [0.5, 0.6) is 0 Å². The lowest BCUT2D eigenvalue weighted by Crippen LogP contribution is -2.39. The van der Waals surface area contributed by atoms with Crippen molar-refractivity contribution in [2.24, 2.45) is 4.99 Å². The van der Waals surface area contributed by atoms with Crippen LogP contribution in [0, 0.1) is 10.1 Å². The Morgan fingerprint density at radius 3 is 2.90 bits per heavy atom. The lowest BCUT2D eigenvalue weighted by molar-refractivity contribution is -0.384. The molecule has 1 atom stereocenters. The average Bonchev–Trinajstić information content (AvgIpc) is 3.34. The normalized spacial score (nSPS) is 18.2. The third-order valence-electron chi connectivity index (χ3n) is 4.80. The number of hydrogen-bond acceptors (Lipinski definition) is 8. The molecule has 3 heterocycles. The third kappa shape index (κ3) is 3.72. The summed E-state index contributed by atoms with van der Waals surface area (Å²) >= 11 is 7.51. The number of carbonyl (C=O) groups excluding carboxylic acids is 2. The zero-order valence-corrected chi connectivity index (χ0v) is 18.0. The number of aliphatic imine (C=N–C) groups is 1. The van der Waals surface area contributed by atoms with Crippen molar-refractivity contribution in [1.82, 2.24) is 4.90 Å². The number of furan rings is 1. The van der Waals surface area contributed by atoms with Crippen molar-refractivity contribution in [2.45, 2.75) is 19.9 Å². The fourth-order valence-electron chi connectivity index (χ4n) is 3.44. The van der Waals surface area contributed by atoms with Gasteiger partial charge in [-0.05, 0) is 32.0 Å². The van der Waals surface area contributed by atoms with Gasteiger partial charge in [0.2, 0.25) is 5.91 Å². The number of allylic oxidation sites excluding steroid dienone is 1. The highest BCUT2D eigenvalue weighted by molar-refractivity contribution is 8.15. The number of fused-ring (bicyclic) bond motifs is 1. The molecular formula is C20H16ClN3O6S. The topological polar surface area (TPSA) is 115 Å². The van der Waals surface area contributed by atoms with Gasteiger partial charge in [0, 0.05) is 17.7 Å². The first-order chi connectivity index (χ1) is 14.8. The Kier molecular flexibility index (Phi) is 5.59. The van der Waals surface area contributed by atoms with E-state index in [0.717, 1.165) is 0 Å². The van der Waals surface area contributed by atoms with Crippen molar-refractivity contribution >= 4 is 46.1 Å². The van der Waals surface area contributed by atoms with Gasteiger partial charge in [0.25, 0.3) is 5.69 Å². The zero-order valence-electron chi connectivity index (χ0n) is 16.5. The van der Waals surface area contributed by atoms with Crippen molar-refractivity contribution in [3.63, 3.8) is 0 Å². The molecule has 1 aromatic heterocycles. The highest BCUT2D eigenvalue weighted by Gasteiger charge is 2.44. The molecule has 0 aliphatic carbocycles. The molecule has 0 bridgehead atoms. The minimum Gasteiger partial charge on any atom is -0.463 e. The van der Waals surface area contributed by atoms with Crippen LogP contribution in [0.3, 0.4) is 0 Å². The first kappa shape index (κ1) is 21.1. The van der Waals surface area contributed by atoms with Gasteiger partial charge in [-0.2, -0.15) is 0 Å². The highest BCUT2D eigenvalue weighted by Crippen LogP contribution is 2.43. The van der Waals surface area contributed by atoms with Crippen molar-refractivity contribution in [3.05, 3.63) is 62.5 Å². The number of hydrogen-bond donors (Lipinski definition) is 0. The van der Waals surface area contributed by atoms with Gasteiger partial charge in [-0.15, -0.1) is 0 Å². The van der Waals surface area contributed by atoms with Crippen molar-refractivity contribution in [3.8, 4) is 11.3 Å². The quantitative estimate of drug-likeness (QED) is 0.369. The molecule has 1 aromatic carbocycles. The second-order valence-corrected chi connectivity index (χ2v) is 8.04. The summed E-state index contributed by atoms with van der Waals surface area (Å²) in [5, 5.41) is 11.9. The maximum absolute atomic E-state index is 12.7. The first-order valence-corrected chi connectivity index (χ1v) is 10.6. The number of non-ortho nitro benzene ring substituents is 1. The number of nitrogens with zero attached hydrogens (tertiary/aromatic N) is 3. The number of halogens is 1. The fraction of sp³-hybridized carbons (Fsp3) is 0.250. The van der Waals surface area contributed by atoms with Crippen LogP contribution in [0.4, 0.5) is 5.69 Å². The van der Waals surface area contributed by atoms with Gasteiger partial charge in [0.05, 0.1) is 33.6 Å². The maximum atomic E-state index is 12.7. The number of carbonyl (C=O) groups is 2. The molecule has 11 heteroatoms. The number of nitro groups is 1. The summed E-state index contributed by atoms with van der Waals surface area (Å²) in [6.45, 7) is 3.52. The molecule has 1 fully saturated rings. The van der Waals surface area contributed by atoms with E-state index in [1.165, 1.54) is 34.9 Å². The summed E-state index contributed by atoms with van der Waals surface area (Å²) < 4.78 is 11.2. The molecule has 2 aliphatic heterocycles. The van der Waals surface area contributed by atoms with E-state index in [0.29, 0.717) is 22.2 Å². The van der Waals surface area contributed by atoms with Gasteiger partial charge in [0.15, 0.2) is 5.17 Å². The number of rotatable bonds is 5. The summed E-state index contributed by atoms with van der Waals surface area (Å²) in [7, 11) is 0. The summed E-state index contributed by atoms with van der Waals surface area (Å²) in [5.41, 5.74) is 0.821. The highest BCUT2D eigenvalue weighted by atomic mass is 35.5. The predicted molar refractivity (Wildman–Crippen MR) is 115 cm³/mol. The predicted octanol–water partition coefficient (Wildman–Crippen LogP) is 4.33. The third-order valence-corrected chi connectivity index (χ3v) is 6.07. The zero-order chi connectivity index (χ0) is 22.3. The Bertz CT molecular complexity index is 1170. The molecule has 0 spiro atoms. The van der Waals surface area contributed by atoms with Crippen molar-refractivity contribution in [1.29, 1.82) is 0 Å². The van der Waals surface area contributed by atoms with Crippen LogP contribution >= 0.6 is 23.4 Å². The summed E-state index contributed by atoms with van der Waals surface area (Å²) in [6.07, 6.45) is 0. The molecule has 2 aliphatic rings. The van der Waals surface area contributed by atoms with Gasteiger partial charge >= 0.3 is 5.97 Å². The number of nitro benzene ring substituents is 1. The molecular weight excluding hydrogens is 446 g/mol. The number of ether oxygens (including phenoxy) is 1. The van der Waals surface area contributed by atoms with E-state index in [1.807, 2.05) is 0 Å². The second-order valence-electron chi connectivity index (χ2n) is 6.69. The van der Waals surface area contributed by atoms with Crippen LogP contribution < -0.4 is 0 Å². The van der Waals surface area contributed by atoms with E-state index in [-0.39, 0.29) is 40.3 Å². The van der Waals surface area contributed by atoms with Crippen LogP contribution in [-0.4, -0.2) is 39.2 Å². The molecule has 4 rings (SSSR count). The molecule has 31 heavy (non-hydrogen) atoms. The smallest absolute Gasteiger partial charge is 0.338 e. The van der Waals surface area contributed by atoms with Crippen molar-refractivity contribution in [2.75, 3.05) is 12.4 Å². The number of esters is 1. The van der Waals surface area contributed by atoms with E-state index in [1.54, 1.807) is 26.0 Å². The molecule has 0 N–H and O–H groups in total. The Balaban J connectivity index is 1.81. The Hall–Kier alpha value is -3.11. The Labute approximate surface area is 185 Å². The molecule has 0 radical (unpaired) electrons. The van der Waals surface area contributed by atoms with E-state index >= 15 is 0 Å². The van der Waals surface area contributed by atoms with Crippen LogP contribution in [0.1, 0.15) is 25.6 Å². The molecule has 1 saturated heterocycles. The van der Waals surface area contributed by atoms with E-state index in [2.05, 4.69) is 4.99 Å². The second kappa shape index (κ2) is 8.20. The molecule has 160 valence electrons. The Morgan fingerprint density at radius 2 is 2.19 bits per heavy atom. The van der Waals surface area contributed by atoms with Gasteiger partial charge in [-0.1, -0.05) is 23.4 Å². The molecule has 2 aromatic rings. The fourth-order valence-corrected chi connectivity index (χ4v) is 4.59. The minimum absolute atomic E-state index is 0.140. The van der Waals surface area contributed by atoms with Crippen LogP contribution in [0.2, 0.25) is 5.02 Å². The van der Waals surface area contributed by atoms with Crippen LogP contribution in [-0.2, 0) is 14.3 Å². The van der Waals surface area contributed by atoms with Crippen molar-refractivity contribution < 1.29 is 23.7 Å². The lowest BCUT2D eigenvalue weighted by atomic mass is 10.00. The number of benzene rings is 1. The van der Waals surface area contributed by atoms with E-state index < -0.39 is 16.9 Å². The van der Waals surface area contributed by atoms with E-state index in [9.17, 15) is 19.7 Å². The van der Waals surface area contributed by atoms with Gasteiger partial charge in [-0.3, -0.25) is 19.8 Å². The Morgan fingerprint density at radius 1 is 1.42 bits per heavy atom. The lowest BCUT2D eigenvalue weighted by Gasteiger charge is -2.31. The number of amides is 1. The average molecular weight is 462 g/mol. The van der Waals surface area contributed by atoms with E-state index in [4.69, 9.17) is 20.8 Å². The number of amidine groups is 1. The summed E-state index contributed by atoms with van der Waals surface area (Å²) in [5.74, 6) is -0.0439. The first-order valence-electron chi connectivity index (χ1n) is 9.27. The standard InChI is InChI=1S/C20H16ClN3O6S/c1-3-29-19(26)17-10(2)22-20-23(16(25)9-31-20)18(17)15-7-6-14(30-15)12-8-11(24(27)28)4-5-13(12)21/h4-8,18H,3,9H2,1-2H3. The van der Waals surface area contributed by atoms with Crippen LogP contribution in [0.15, 0.2) is 51.0 Å².